The molecule has 10 heteroatoms. The van der Waals surface area contributed by atoms with Crippen molar-refractivity contribution in [3.63, 3.8) is 0 Å². The molecule has 0 aliphatic heterocycles. The van der Waals surface area contributed by atoms with Crippen molar-refractivity contribution in [1.29, 1.82) is 0 Å². The largest absolute Gasteiger partial charge is 0.493 e. The van der Waals surface area contributed by atoms with Crippen molar-refractivity contribution in [2.75, 3.05) is 7.11 Å². The Morgan fingerprint density at radius 1 is 1.03 bits per heavy atom. The molecule has 3 aromatic carbocycles. The van der Waals surface area contributed by atoms with Crippen LogP contribution in [0.4, 0.5) is 8.78 Å². The Balaban J connectivity index is 1.74. The Labute approximate surface area is 214 Å². The van der Waals surface area contributed by atoms with Gasteiger partial charge in [0.25, 0.3) is 5.91 Å². The number of fused-ring (bicyclic) bond motifs is 1. The zero-order valence-electron chi connectivity index (χ0n) is 18.7. The van der Waals surface area contributed by atoms with Crippen LogP contribution in [0.2, 0.25) is 10.0 Å². The number of ether oxygens (including phenoxy) is 1. The number of aromatic nitrogens is 1. The lowest BCUT2D eigenvalue weighted by atomic mass is 9.94. The Morgan fingerprint density at radius 3 is 2.39 bits per heavy atom. The van der Waals surface area contributed by atoms with E-state index in [4.69, 9.17) is 27.9 Å². The van der Waals surface area contributed by atoms with E-state index in [-0.39, 0.29) is 27.8 Å². The molecule has 6 nitrogen and oxygen atoms in total. The van der Waals surface area contributed by atoms with Crippen molar-refractivity contribution in [3.05, 3.63) is 93.6 Å². The first-order valence-electron chi connectivity index (χ1n) is 10.6. The van der Waals surface area contributed by atoms with Crippen molar-refractivity contribution in [1.82, 2.24) is 10.3 Å². The van der Waals surface area contributed by atoms with Crippen LogP contribution >= 0.6 is 23.2 Å². The molecule has 1 heterocycles. The number of carbonyl (C=O) groups is 2. The standard InChI is InChI=1S/C26H18Cl2F2N2O4/c1-36-24-16(9-10-19(29)22(24)30)14-8-7-13(23-15(14)4-3-11-31-23)12-20(26(34)35)32-25(33)21-17(27)5-2-6-18(21)28/h2-11,20H,12H2,1H3,(H,32,33)(H,34,35). The number of hydrogen-bond donors (Lipinski definition) is 2. The zero-order chi connectivity index (χ0) is 26.0. The van der Waals surface area contributed by atoms with Crippen LogP contribution in [0.3, 0.4) is 0 Å². The number of rotatable bonds is 7. The number of halogens is 4. The molecule has 0 fully saturated rings. The normalized spacial score (nSPS) is 11.8. The molecule has 1 amide bonds. The van der Waals surface area contributed by atoms with Crippen LogP contribution in [0.5, 0.6) is 5.75 Å². The highest BCUT2D eigenvalue weighted by atomic mass is 35.5. The molecule has 0 radical (unpaired) electrons. The van der Waals surface area contributed by atoms with Crippen molar-refractivity contribution in [2.45, 2.75) is 12.5 Å². The minimum Gasteiger partial charge on any atom is -0.493 e. The van der Waals surface area contributed by atoms with Gasteiger partial charge in [-0.1, -0.05) is 47.5 Å². The van der Waals surface area contributed by atoms with E-state index in [1.807, 2.05) is 0 Å². The van der Waals surface area contributed by atoms with Gasteiger partial charge in [0.15, 0.2) is 11.6 Å². The van der Waals surface area contributed by atoms with Crippen molar-refractivity contribution >= 4 is 46.0 Å². The average molecular weight is 531 g/mol. The van der Waals surface area contributed by atoms with Gasteiger partial charge < -0.3 is 15.2 Å². The van der Waals surface area contributed by atoms with Crippen LogP contribution in [-0.4, -0.2) is 35.1 Å². The smallest absolute Gasteiger partial charge is 0.326 e. The first-order chi connectivity index (χ1) is 17.2. The summed E-state index contributed by atoms with van der Waals surface area (Å²) in [7, 11) is 1.24. The monoisotopic (exact) mass is 530 g/mol. The third-order valence-electron chi connectivity index (χ3n) is 5.61. The average Bonchev–Trinajstić information content (AvgIpc) is 2.85. The van der Waals surface area contributed by atoms with Crippen LogP contribution < -0.4 is 10.1 Å². The van der Waals surface area contributed by atoms with Gasteiger partial charge in [-0.15, -0.1) is 0 Å². The van der Waals surface area contributed by atoms with Crippen molar-refractivity contribution < 1.29 is 28.2 Å². The van der Waals surface area contributed by atoms with E-state index in [2.05, 4.69) is 10.3 Å². The number of carboxylic acid groups (broad SMARTS) is 1. The Hall–Kier alpha value is -3.75. The Kier molecular flexibility index (Phi) is 7.37. The van der Waals surface area contributed by atoms with E-state index in [1.54, 1.807) is 30.3 Å². The first kappa shape index (κ1) is 25.3. The predicted octanol–water partition coefficient (Wildman–Crippen LogP) is 5.92. The van der Waals surface area contributed by atoms with Gasteiger partial charge >= 0.3 is 5.97 Å². The van der Waals surface area contributed by atoms with E-state index in [0.29, 0.717) is 27.6 Å². The number of benzene rings is 3. The van der Waals surface area contributed by atoms with Gasteiger partial charge in [0, 0.05) is 23.6 Å². The summed E-state index contributed by atoms with van der Waals surface area (Å²) in [6.07, 6.45) is 1.40. The van der Waals surface area contributed by atoms with Crippen LogP contribution in [-0.2, 0) is 11.2 Å². The fourth-order valence-corrected chi connectivity index (χ4v) is 4.51. The Morgan fingerprint density at radius 2 is 1.72 bits per heavy atom. The molecule has 2 N–H and O–H groups in total. The van der Waals surface area contributed by atoms with E-state index in [9.17, 15) is 23.5 Å². The number of carbonyl (C=O) groups excluding carboxylic acids is 1. The maximum absolute atomic E-state index is 14.4. The molecule has 1 unspecified atom stereocenters. The minimum absolute atomic E-state index is 0.0316. The number of carboxylic acids is 1. The molecule has 0 aliphatic rings. The highest BCUT2D eigenvalue weighted by molar-refractivity contribution is 6.39. The molecule has 0 saturated carbocycles. The highest BCUT2D eigenvalue weighted by Gasteiger charge is 2.25. The van der Waals surface area contributed by atoms with Gasteiger partial charge in [-0.3, -0.25) is 9.78 Å². The van der Waals surface area contributed by atoms with Crippen molar-refractivity contribution in [3.8, 4) is 16.9 Å². The van der Waals surface area contributed by atoms with Gasteiger partial charge in [-0.2, -0.15) is 4.39 Å². The van der Waals surface area contributed by atoms with E-state index < -0.39 is 29.6 Å². The maximum Gasteiger partial charge on any atom is 0.326 e. The topological polar surface area (TPSA) is 88.5 Å². The van der Waals surface area contributed by atoms with Gasteiger partial charge in [0.2, 0.25) is 5.82 Å². The third-order valence-corrected chi connectivity index (χ3v) is 6.24. The molecule has 36 heavy (non-hydrogen) atoms. The molecule has 1 aromatic heterocycles. The van der Waals surface area contributed by atoms with Crippen LogP contribution in [0.1, 0.15) is 15.9 Å². The van der Waals surface area contributed by atoms with Gasteiger partial charge in [-0.25, -0.2) is 9.18 Å². The molecule has 0 aliphatic carbocycles. The van der Waals surface area contributed by atoms with Crippen LogP contribution in [0.15, 0.2) is 60.8 Å². The van der Waals surface area contributed by atoms with Crippen LogP contribution in [0, 0.1) is 11.6 Å². The molecular formula is C26H18Cl2F2N2O4. The van der Waals surface area contributed by atoms with Gasteiger partial charge in [0.05, 0.1) is 28.2 Å². The number of methoxy groups -OCH3 is 1. The second kappa shape index (κ2) is 10.5. The molecule has 0 saturated heterocycles. The number of hydrogen-bond acceptors (Lipinski definition) is 4. The first-order valence-corrected chi connectivity index (χ1v) is 11.3. The lowest BCUT2D eigenvalue weighted by Crippen LogP contribution is -2.42. The predicted molar refractivity (Wildman–Crippen MR) is 133 cm³/mol. The quantitative estimate of drug-likeness (QED) is 0.309. The van der Waals surface area contributed by atoms with E-state index in [1.165, 1.54) is 31.5 Å². The summed E-state index contributed by atoms with van der Waals surface area (Å²) in [4.78, 5) is 29.2. The fraction of sp³-hybridized carbons (Fsp3) is 0.115. The van der Waals surface area contributed by atoms with Gasteiger partial charge in [-0.05, 0) is 41.5 Å². The number of amides is 1. The summed E-state index contributed by atoms with van der Waals surface area (Å²) in [5.74, 6) is -4.45. The highest BCUT2D eigenvalue weighted by Crippen LogP contribution is 2.38. The third kappa shape index (κ3) is 4.82. The molecule has 0 spiro atoms. The molecular weight excluding hydrogens is 513 g/mol. The SMILES string of the molecule is COc1c(-c2ccc(CC(NC(=O)c3c(Cl)cccc3Cl)C(=O)O)c3ncccc23)ccc(F)c1F. The number of pyridine rings is 1. The van der Waals surface area contributed by atoms with Crippen LogP contribution in [0.25, 0.3) is 22.0 Å². The van der Waals surface area contributed by atoms with Gasteiger partial charge in [0.1, 0.15) is 6.04 Å². The zero-order valence-corrected chi connectivity index (χ0v) is 20.2. The summed E-state index contributed by atoms with van der Waals surface area (Å²) in [6.45, 7) is 0. The van der Waals surface area contributed by atoms with E-state index >= 15 is 0 Å². The van der Waals surface area contributed by atoms with Crippen molar-refractivity contribution in [2.24, 2.45) is 0 Å². The lowest BCUT2D eigenvalue weighted by Gasteiger charge is -2.18. The summed E-state index contributed by atoms with van der Waals surface area (Å²) in [5, 5.41) is 13.0. The summed E-state index contributed by atoms with van der Waals surface area (Å²) in [6, 6.07) is 12.2. The molecule has 4 aromatic rings. The molecule has 184 valence electrons. The lowest BCUT2D eigenvalue weighted by molar-refractivity contribution is -0.139. The molecule has 1 atom stereocenters. The number of aliphatic carboxylic acids is 1. The number of nitrogens with one attached hydrogen (secondary N) is 1. The molecule has 4 rings (SSSR count). The Bertz CT molecular complexity index is 1480. The maximum atomic E-state index is 14.4. The molecule has 0 bridgehead atoms. The summed E-state index contributed by atoms with van der Waals surface area (Å²) < 4.78 is 33.2. The second-order valence-electron chi connectivity index (χ2n) is 7.78. The van der Waals surface area contributed by atoms with E-state index in [0.717, 1.165) is 6.07 Å². The second-order valence-corrected chi connectivity index (χ2v) is 8.59. The summed E-state index contributed by atoms with van der Waals surface area (Å²) in [5.41, 5.74) is 1.72. The summed E-state index contributed by atoms with van der Waals surface area (Å²) >= 11 is 12.2. The number of nitrogens with zero attached hydrogens (tertiary/aromatic N) is 1. The minimum atomic E-state index is -1.33. The fourth-order valence-electron chi connectivity index (χ4n) is 3.94.